The zero-order valence-corrected chi connectivity index (χ0v) is 17.4. The molecule has 2 fully saturated rings. The van der Waals surface area contributed by atoms with Gasteiger partial charge in [-0.1, -0.05) is 11.8 Å². The van der Waals surface area contributed by atoms with Gasteiger partial charge in [0.2, 0.25) is 5.91 Å². The van der Waals surface area contributed by atoms with Crippen LogP contribution in [-0.2, 0) is 22.6 Å². The second-order valence-corrected chi connectivity index (χ2v) is 8.72. The molecule has 8 nitrogen and oxygen atoms in total. The molecule has 0 spiro atoms. The van der Waals surface area contributed by atoms with E-state index < -0.39 is 17.4 Å². The minimum absolute atomic E-state index is 0.123. The van der Waals surface area contributed by atoms with E-state index in [1.54, 1.807) is 12.1 Å². The van der Waals surface area contributed by atoms with E-state index in [2.05, 4.69) is 6.07 Å². The Hall–Kier alpha value is -3.09. The Balaban J connectivity index is 1.43. The number of aromatic nitrogens is 1. The minimum Gasteiger partial charge on any atom is -0.548 e. The van der Waals surface area contributed by atoms with Crippen LogP contribution in [0.1, 0.15) is 17.5 Å². The van der Waals surface area contributed by atoms with Crippen molar-refractivity contribution >= 4 is 23.6 Å². The Bertz CT molecular complexity index is 1020. The van der Waals surface area contributed by atoms with Gasteiger partial charge in [-0.25, -0.2) is 4.57 Å². The molecule has 0 bridgehead atoms. The van der Waals surface area contributed by atoms with E-state index in [1.165, 1.54) is 16.7 Å². The van der Waals surface area contributed by atoms with Crippen LogP contribution in [0.2, 0.25) is 0 Å². The molecule has 2 aliphatic rings. The number of aliphatic hydroxyl groups is 1. The number of carbonyl (C=O) groups is 2. The van der Waals surface area contributed by atoms with E-state index in [9.17, 15) is 14.7 Å². The molecule has 0 aliphatic carbocycles. The molecule has 0 radical (unpaired) electrons. The average Bonchev–Trinajstić information content (AvgIpc) is 3.09. The smallest absolute Gasteiger partial charge is 0.230 e. The van der Waals surface area contributed by atoms with Crippen molar-refractivity contribution in [2.24, 2.45) is 5.92 Å². The minimum atomic E-state index is -1.35. The SMILES string of the molecule is N#CCc1ccc[n+](Cc2ccc(OC3SC4[C@@H](CCO)C(=O)N4C3C(=O)[O-])cc2)c1. The molecule has 9 heteroatoms. The van der Waals surface area contributed by atoms with Crippen LogP contribution >= 0.6 is 11.8 Å². The summed E-state index contributed by atoms with van der Waals surface area (Å²) >= 11 is 1.28. The van der Waals surface area contributed by atoms with Crippen molar-refractivity contribution in [2.75, 3.05) is 6.61 Å². The molecule has 2 aliphatic heterocycles. The van der Waals surface area contributed by atoms with Gasteiger partial charge in [0.1, 0.15) is 11.8 Å². The number of thioether (sulfide) groups is 1. The van der Waals surface area contributed by atoms with Gasteiger partial charge in [0.15, 0.2) is 24.4 Å². The number of fused-ring (bicyclic) bond motifs is 1. The van der Waals surface area contributed by atoms with Gasteiger partial charge in [0, 0.05) is 23.8 Å². The molecule has 4 atom stereocenters. The van der Waals surface area contributed by atoms with Crippen LogP contribution < -0.4 is 14.4 Å². The molecule has 2 saturated heterocycles. The van der Waals surface area contributed by atoms with E-state index in [-0.39, 0.29) is 23.8 Å². The van der Waals surface area contributed by atoms with E-state index in [0.29, 0.717) is 25.1 Å². The van der Waals surface area contributed by atoms with E-state index >= 15 is 0 Å². The quantitative estimate of drug-likeness (QED) is 0.448. The Morgan fingerprint density at radius 1 is 1.29 bits per heavy atom. The summed E-state index contributed by atoms with van der Waals surface area (Å²) in [7, 11) is 0. The third-order valence-electron chi connectivity index (χ3n) is 5.45. The second kappa shape index (κ2) is 8.96. The highest BCUT2D eigenvalue weighted by Gasteiger charge is 2.59. The van der Waals surface area contributed by atoms with Crippen LogP contribution in [0.4, 0.5) is 0 Å². The maximum atomic E-state index is 12.3. The molecular formula is C22H21N3O5S. The number of hydrogen-bond acceptors (Lipinski definition) is 7. The number of nitriles is 1. The number of benzene rings is 1. The molecule has 1 N–H and O–H groups in total. The van der Waals surface area contributed by atoms with Crippen molar-refractivity contribution in [2.45, 2.75) is 36.2 Å². The summed E-state index contributed by atoms with van der Waals surface area (Å²) < 4.78 is 7.89. The summed E-state index contributed by atoms with van der Waals surface area (Å²) in [5.41, 5.74) is 1.18. The first-order chi connectivity index (χ1) is 15.0. The number of pyridine rings is 1. The highest BCUT2D eigenvalue weighted by Crippen LogP contribution is 2.48. The highest BCUT2D eigenvalue weighted by atomic mass is 32.2. The third-order valence-corrected chi connectivity index (χ3v) is 6.90. The molecular weight excluding hydrogens is 418 g/mol. The number of aliphatic carboxylic acids is 1. The summed E-state index contributed by atoms with van der Waals surface area (Å²) in [5, 5.41) is 29.3. The molecule has 3 unspecified atom stereocenters. The first-order valence-electron chi connectivity index (χ1n) is 9.91. The number of rotatable bonds is 8. The summed E-state index contributed by atoms with van der Waals surface area (Å²) in [6.45, 7) is 0.494. The lowest BCUT2D eigenvalue weighted by atomic mass is 9.93. The predicted molar refractivity (Wildman–Crippen MR) is 108 cm³/mol. The van der Waals surface area contributed by atoms with Gasteiger partial charge >= 0.3 is 0 Å². The largest absolute Gasteiger partial charge is 0.548 e. The number of aliphatic hydroxyl groups excluding tert-OH is 1. The summed E-state index contributed by atoms with van der Waals surface area (Å²) in [4.78, 5) is 25.2. The van der Waals surface area contributed by atoms with Gasteiger partial charge in [0.05, 0.1) is 29.8 Å². The maximum Gasteiger partial charge on any atom is 0.230 e. The zero-order valence-electron chi connectivity index (χ0n) is 16.6. The molecule has 0 saturated carbocycles. The van der Waals surface area contributed by atoms with Crippen molar-refractivity contribution < 1.29 is 29.1 Å². The lowest BCUT2D eigenvalue weighted by Gasteiger charge is -2.44. The summed E-state index contributed by atoms with van der Waals surface area (Å²) in [6, 6.07) is 12.1. The van der Waals surface area contributed by atoms with Gasteiger partial charge < -0.3 is 24.6 Å². The normalized spacial score (nSPS) is 24.3. The molecule has 160 valence electrons. The number of carbonyl (C=O) groups excluding carboxylic acids is 2. The average molecular weight is 439 g/mol. The number of β-lactam (4-membered cyclic amide) rings is 1. The van der Waals surface area contributed by atoms with Gasteiger partial charge in [-0.3, -0.25) is 4.79 Å². The molecule has 1 amide bonds. The van der Waals surface area contributed by atoms with Crippen molar-refractivity contribution in [1.29, 1.82) is 5.26 Å². The first kappa shape index (κ1) is 21.2. The summed E-state index contributed by atoms with van der Waals surface area (Å²) in [6.07, 6.45) is 4.51. The van der Waals surface area contributed by atoms with Crippen molar-refractivity contribution in [1.82, 2.24) is 4.90 Å². The zero-order chi connectivity index (χ0) is 22.0. The number of carboxylic acid groups (broad SMARTS) is 1. The van der Waals surface area contributed by atoms with E-state index in [1.807, 2.05) is 41.2 Å². The topological polar surface area (TPSA) is 118 Å². The Morgan fingerprint density at radius 2 is 2.06 bits per heavy atom. The first-order valence-corrected chi connectivity index (χ1v) is 10.9. The van der Waals surface area contributed by atoms with Crippen molar-refractivity contribution in [3.8, 4) is 11.8 Å². The number of ether oxygens (including phenoxy) is 1. The number of amides is 1. The van der Waals surface area contributed by atoms with Gasteiger partial charge in [-0.15, -0.1) is 0 Å². The van der Waals surface area contributed by atoms with Crippen LogP contribution in [0.25, 0.3) is 0 Å². The Labute approximate surface area is 183 Å². The molecule has 1 aromatic carbocycles. The van der Waals surface area contributed by atoms with Crippen LogP contribution in [0.15, 0.2) is 48.8 Å². The maximum absolute atomic E-state index is 12.3. The molecule has 1 aromatic heterocycles. The van der Waals surface area contributed by atoms with E-state index in [4.69, 9.17) is 15.1 Å². The van der Waals surface area contributed by atoms with Gasteiger partial charge in [-0.2, -0.15) is 5.26 Å². The van der Waals surface area contributed by atoms with Crippen molar-refractivity contribution in [3.05, 3.63) is 59.9 Å². The Kier molecular flexibility index (Phi) is 6.11. The Morgan fingerprint density at radius 3 is 2.74 bits per heavy atom. The predicted octanol–water partition coefficient (Wildman–Crippen LogP) is -0.174. The number of nitrogens with zero attached hydrogens (tertiary/aromatic N) is 3. The van der Waals surface area contributed by atoms with Crippen LogP contribution in [0.3, 0.4) is 0 Å². The monoisotopic (exact) mass is 439 g/mol. The molecule has 3 heterocycles. The molecule has 2 aromatic rings. The highest BCUT2D eigenvalue weighted by molar-refractivity contribution is 8.00. The van der Waals surface area contributed by atoms with E-state index in [0.717, 1.165) is 11.1 Å². The fraction of sp³-hybridized carbons (Fsp3) is 0.364. The summed E-state index contributed by atoms with van der Waals surface area (Å²) in [5.74, 6) is -1.51. The fourth-order valence-corrected chi connectivity index (χ4v) is 5.60. The standard InChI is InChI=1S/C22H21N3O5S/c23-9-7-14-2-1-10-24(12-14)13-15-3-5-16(6-4-15)30-22-18(21(28)29)25-19(27)17(8-11-26)20(25)31-22/h1-6,10,12,17-18,20,22,26H,7-8,11,13H2/t17-,18?,20?,22?/m0/s1. The van der Waals surface area contributed by atoms with Crippen LogP contribution in [-0.4, -0.2) is 45.3 Å². The lowest BCUT2D eigenvalue weighted by molar-refractivity contribution is -0.688. The number of hydrogen-bond donors (Lipinski definition) is 1. The lowest BCUT2D eigenvalue weighted by Crippen LogP contribution is -2.64. The van der Waals surface area contributed by atoms with Gasteiger partial charge in [-0.05, 0) is 36.8 Å². The van der Waals surface area contributed by atoms with Crippen LogP contribution in [0.5, 0.6) is 5.75 Å². The van der Waals surface area contributed by atoms with Crippen LogP contribution in [0, 0.1) is 17.2 Å². The fourth-order valence-electron chi connectivity index (χ4n) is 3.96. The second-order valence-electron chi connectivity index (χ2n) is 7.50. The van der Waals surface area contributed by atoms with Gasteiger partial charge in [0.25, 0.3) is 0 Å². The molecule has 4 rings (SSSR count). The molecule has 31 heavy (non-hydrogen) atoms. The number of carboxylic acids is 1. The third kappa shape index (κ3) is 4.22. The van der Waals surface area contributed by atoms with Crippen molar-refractivity contribution in [3.63, 3.8) is 0 Å².